The van der Waals surface area contributed by atoms with Crippen LogP contribution in [0, 0.1) is 5.92 Å². The quantitative estimate of drug-likeness (QED) is 0.746. The molecule has 5 nitrogen and oxygen atoms in total. The van der Waals surface area contributed by atoms with Gasteiger partial charge in [-0.05, 0) is 31.6 Å². The second-order valence-electron chi connectivity index (χ2n) is 5.36. The van der Waals surface area contributed by atoms with Gasteiger partial charge in [-0.15, -0.1) is 0 Å². The minimum Gasteiger partial charge on any atom is -0.383 e. The summed E-state index contributed by atoms with van der Waals surface area (Å²) in [5, 5.41) is 0. The molecule has 1 aliphatic heterocycles. The molecule has 2 aliphatic rings. The van der Waals surface area contributed by atoms with E-state index in [-0.39, 0.29) is 12.5 Å². The highest BCUT2D eigenvalue weighted by atomic mass is 16.5. The first-order valence-electron chi connectivity index (χ1n) is 6.85. The largest absolute Gasteiger partial charge is 0.383 e. The number of hydrogen-bond donors (Lipinski definition) is 1. The van der Waals surface area contributed by atoms with Gasteiger partial charge in [0.05, 0.1) is 12.7 Å². The molecular weight excluding hydrogens is 232 g/mol. The summed E-state index contributed by atoms with van der Waals surface area (Å²) in [6, 6.07) is -0.529. The Morgan fingerprint density at radius 3 is 2.56 bits per heavy atom. The number of nitrogens with zero attached hydrogens (tertiary/aromatic N) is 1. The third kappa shape index (κ3) is 3.93. The number of piperidine rings is 1. The molecule has 0 aromatic rings. The van der Waals surface area contributed by atoms with E-state index in [4.69, 9.17) is 15.2 Å². The highest BCUT2D eigenvalue weighted by Crippen LogP contribution is 2.30. The summed E-state index contributed by atoms with van der Waals surface area (Å²) in [7, 11) is 1.56. The maximum atomic E-state index is 12.0. The van der Waals surface area contributed by atoms with E-state index in [9.17, 15) is 4.79 Å². The predicted molar refractivity (Wildman–Crippen MR) is 68.1 cm³/mol. The molecule has 0 bridgehead atoms. The molecule has 0 aromatic carbocycles. The maximum absolute atomic E-state index is 12.0. The van der Waals surface area contributed by atoms with Crippen molar-refractivity contribution in [3.8, 4) is 0 Å². The highest BCUT2D eigenvalue weighted by molar-refractivity contribution is 5.81. The summed E-state index contributed by atoms with van der Waals surface area (Å²) in [6.07, 6.45) is 4.83. The average Bonchev–Trinajstić information content (AvgIpc) is 3.20. The van der Waals surface area contributed by atoms with E-state index in [1.54, 1.807) is 7.11 Å². The Morgan fingerprint density at radius 2 is 2.00 bits per heavy atom. The van der Waals surface area contributed by atoms with Crippen LogP contribution in [0.15, 0.2) is 0 Å². The van der Waals surface area contributed by atoms with Crippen LogP contribution in [0.25, 0.3) is 0 Å². The average molecular weight is 256 g/mol. The second kappa shape index (κ2) is 6.50. The molecule has 2 N–H and O–H groups in total. The summed E-state index contributed by atoms with van der Waals surface area (Å²) in [5.41, 5.74) is 5.75. The standard InChI is InChI=1S/C13H24N2O3/c1-17-9-12(14)13(16)15-6-4-11(5-7-15)18-8-10-2-3-10/h10-12H,2-9,14H2,1H3. The van der Waals surface area contributed by atoms with E-state index in [0.717, 1.165) is 38.5 Å². The molecule has 1 atom stereocenters. The number of hydrogen-bond acceptors (Lipinski definition) is 4. The monoisotopic (exact) mass is 256 g/mol. The lowest BCUT2D eigenvalue weighted by atomic mass is 10.1. The highest BCUT2D eigenvalue weighted by Gasteiger charge is 2.28. The fourth-order valence-corrected chi connectivity index (χ4v) is 2.28. The van der Waals surface area contributed by atoms with E-state index in [1.165, 1.54) is 12.8 Å². The van der Waals surface area contributed by atoms with Crippen molar-refractivity contribution in [2.75, 3.05) is 33.4 Å². The normalized spacial score (nSPS) is 23.1. The van der Waals surface area contributed by atoms with E-state index in [2.05, 4.69) is 0 Å². The van der Waals surface area contributed by atoms with Crippen molar-refractivity contribution in [2.45, 2.75) is 37.8 Å². The van der Waals surface area contributed by atoms with E-state index in [0.29, 0.717) is 6.10 Å². The number of carbonyl (C=O) groups is 1. The van der Waals surface area contributed by atoms with Crippen LogP contribution in [0.2, 0.25) is 0 Å². The molecule has 1 unspecified atom stereocenters. The number of ether oxygens (including phenoxy) is 2. The van der Waals surface area contributed by atoms with Gasteiger partial charge in [0.2, 0.25) is 5.91 Å². The van der Waals surface area contributed by atoms with Crippen molar-refractivity contribution in [2.24, 2.45) is 11.7 Å². The summed E-state index contributed by atoms with van der Waals surface area (Å²) in [6.45, 7) is 2.70. The van der Waals surface area contributed by atoms with Gasteiger partial charge in [0, 0.05) is 26.8 Å². The number of methoxy groups -OCH3 is 1. The third-order valence-electron chi connectivity index (χ3n) is 3.68. The van der Waals surface area contributed by atoms with E-state index in [1.807, 2.05) is 4.90 Å². The Balaban J connectivity index is 1.66. The minimum absolute atomic E-state index is 0.00232. The lowest BCUT2D eigenvalue weighted by Gasteiger charge is -2.33. The van der Waals surface area contributed by atoms with Gasteiger partial charge in [0.25, 0.3) is 0 Å². The molecule has 1 amide bonds. The molecule has 18 heavy (non-hydrogen) atoms. The van der Waals surface area contributed by atoms with E-state index >= 15 is 0 Å². The van der Waals surface area contributed by atoms with Crippen LogP contribution < -0.4 is 5.73 Å². The fourth-order valence-electron chi connectivity index (χ4n) is 2.28. The molecule has 0 aromatic heterocycles. The van der Waals surface area contributed by atoms with Crippen molar-refractivity contribution >= 4 is 5.91 Å². The van der Waals surface area contributed by atoms with Gasteiger partial charge in [0.15, 0.2) is 0 Å². The topological polar surface area (TPSA) is 64.8 Å². The molecule has 1 saturated carbocycles. The van der Waals surface area contributed by atoms with Crippen LogP contribution in [-0.4, -0.2) is 56.4 Å². The first-order chi connectivity index (χ1) is 8.70. The van der Waals surface area contributed by atoms with Crippen LogP contribution in [-0.2, 0) is 14.3 Å². The number of carbonyl (C=O) groups excluding carboxylic acids is 1. The van der Waals surface area contributed by atoms with Crippen LogP contribution in [0.3, 0.4) is 0 Å². The fraction of sp³-hybridized carbons (Fsp3) is 0.923. The van der Waals surface area contributed by atoms with Gasteiger partial charge in [-0.3, -0.25) is 4.79 Å². The van der Waals surface area contributed by atoms with Gasteiger partial charge in [0.1, 0.15) is 6.04 Å². The van der Waals surface area contributed by atoms with Gasteiger partial charge < -0.3 is 20.1 Å². The first-order valence-corrected chi connectivity index (χ1v) is 6.85. The van der Waals surface area contributed by atoms with E-state index < -0.39 is 6.04 Å². The molecule has 2 rings (SSSR count). The molecule has 1 saturated heterocycles. The number of rotatable bonds is 6. The lowest BCUT2D eigenvalue weighted by molar-refractivity contribution is -0.136. The zero-order valence-electron chi connectivity index (χ0n) is 11.1. The van der Waals surface area contributed by atoms with Gasteiger partial charge in [-0.2, -0.15) is 0 Å². The Kier molecular flexibility index (Phi) is 4.97. The lowest BCUT2D eigenvalue weighted by Crippen LogP contribution is -2.49. The first kappa shape index (κ1) is 13.8. The summed E-state index contributed by atoms with van der Waals surface area (Å²) in [5.74, 6) is 0.803. The zero-order chi connectivity index (χ0) is 13.0. The van der Waals surface area contributed by atoms with Gasteiger partial charge >= 0.3 is 0 Å². The predicted octanol–water partition coefficient (Wildman–Crippen LogP) is 0.378. The smallest absolute Gasteiger partial charge is 0.241 e. The van der Waals surface area contributed by atoms with Crippen LogP contribution in [0.4, 0.5) is 0 Å². The molecular formula is C13H24N2O3. The molecule has 0 spiro atoms. The molecule has 1 aliphatic carbocycles. The molecule has 2 fully saturated rings. The Hall–Kier alpha value is -0.650. The van der Waals surface area contributed by atoms with Gasteiger partial charge in [-0.25, -0.2) is 0 Å². The summed E-state index contributed by atoms with van der Waals surface area (Å²) < 4.78 is 10.8. The minimum atomic E-state index is -0.529. The Bertz CT molecular complexity index is 273. The Morgan fingerprint density at radius 1 is 1.33 bits per heavy atom. The molecule has 0 radical (unpaired) electrons. The maximum Gasteiger partial charge on any atom is 0.241 e. The SMILES string of the molecule is COCC(N)C(=O)N1CCC(OCC2CC2)CC1. The van der Waals surface area contributed by atoms with Crippen molar-refractivity contribution in [3.63, 3.8) is 0 Å². The molecule has 104 valence electrons. The van der Waals surface area contributed by atoms with Gasteiger partial charge in [-0.1, -0.05) is 0 Å². The van der Waals surface area contributed by atoms with Crippen LogP contribution in [0.1, 0.15) is 25.7 Å². The molecule has 5 heteroatoms. The summed E-state index contributed by atoms with van der Waals surface area (Å²) >= 11 is 0. The van der Waals surface area contributed by atoms with Crippen LogP contribution in [0.5, 0.6) is 0 Å². The number of amides is 1. The molecule has 1 heterocycles. The van der Waals surface area contributed by atoms with Crippen molar-refractivity contribution in [3.05, 3.63) is 0 Å². The number of nitrogens with two attached hydrogens (primary N) is 1. The van der Waals surface area contributed by atoms with Crippen molar-refractivity contribution < 1.29 is 14.3 Å². The van der Waals surface area contributed by atoms with Crippen molar-refractivity contribution in [1.82, 2.24) is 4.90 Å². The Labute approximate surface area is 109 Å². The van der Waals surface area contributed by atoms with Crippen molar-refractivity contribution in [1.29, 1.82) is 0 Å². The second-order valence-corrected chi connectivity index (χ2v) is 5.36. The number of likely N-dealkylation sites (tertiary alicyclic amines) is 1. The zero-order valence-corrected chi connectivity index (χ0v) is 11.1. The summed E-state index contributed by atoms with van der Waals surface area (Å²) in [4.78, 5) is 13.8. The van der Waals surface area contributed by atoms with Crippen LogP contribution >= 0.6 is 0 Å². The third-order valence-corrected chi connectivity index (χ3v) is 3.68.